The summed E-state index contributed by atoms with van der Waals surface area (Å²) in [6.45, 7) is 4.73. The number of hydrogen-bond donors (Lipinski definition) is 0. The van der Waals surface area contributed by atoms with Crippen LogP contribution in [0, 0.1) is 0 Å². The van der Waals surface area contributed by atoms with Gasteiger partial charge in [-0.2, -0.15) is 0 Å². The summed E-state index contributed by atoms with van der Waals surface area (Å²) in [5.74, 6) is 0. The van der Waals surface area contributed by atoms with Gasteiger partial charge in [-0.05, 0) is 58.7 Å². The smallest absolute Gasteiger partial charge is 0.0620 e. The van der Waals surface area contributed by atoms with E-state index in [0.29, 0.717) is 0 Å². The van der Waals surface area contributed by atoms with Crippen molar-refractivity contribution in [3.05, 3.63) is 157 Å². The van der Waals surface area contributed by atoms with Crippen LogP contribution < -0.4 is 0 Å². The van der Waals surface area contributed by atoms with Crippen LogP contribution >= 0.6 is 0 Å². The Morgan fingerprint density at radius 3 is 1.51 bits per heavy atom. The highest BCUT2D eigenvalue weighted by atomic mass is 15.0. The molecule has 7 aromatic carbocycles. The van der Waals surface area contributed by atoms with Crippen molar-refractivity contribution in [2.45, 2.75) is 19.3 Å². The minimum Gasteiger partial charge on any atom is -0.309 e. The van der Waals surface area contributed by atoms with Gasteiger partial charge in [-0.25, -0.2) is 0 Å². The van der Waals surface area contributed by atoms with Crippen LogP contribution in [0.4, 0.5) is 0 Å². The number of aromatic nitrogens is 2. The Kier molecular flexibility index (Phi) is 4.82. The highest BCUT2D eigenvalue weighted by Crippen LogP contribution is 2.50. The van der Waals surface area contributed by atoms with Gasteiger partial charge in [0.1, 0.15) is 0 Å². The van der Waals surface area contributed by atoms with Gasteiger partial charge < -0.3 is 9.13 Å². The Bertz CT molecular complexity index is 2670. The lowest BCUT2D eigenvalue weighted by Gasteiger charge is -2.22. The van der Waals surface area contributed by atoms with Gasteiger partial charge in [-0.3, -0.25) is 0 Å². The molecule has 0 aliphatic heterocycles. The van der Waals surface area contributed by atoms with E-state index in [-0.39, 0.29) is 5.41 Å². The second kappa shape index (κ2) is 8.74. The molecule has 2 heterocycles. The highest BCUT2D eigenvalue weighted by molar-refractivity contribution is 6.26. The van der Waals surface area contributed by atoms with E-state index >= 15 is 0 Å². The summed E-state index contributed by atoms with van der Waals surface area (Å²) in [6, 6.07) is 53.8. The average molecular weight is 575 g/mol. The molecule has 0 radical (unpaired) electrons. The van der Waals surface area contributed by atoms with Crippen LogP contribution in [0.3, 0.4) is 0 Å². The molecule has 0 saturated carbocycles. The number of benzene rings is 7. The average Bonchev–Trinajstić information content (AvgIpc) is 3.69. The second-order valence-corrected chi connectivity index (χ2v) is 13.0. The molecule has 1 aliphatic rings. The molecule has 0 unspecified atom stereocenters. The van der Waals surface area contributed by atoms with Crippen LogP contribution in [-0.4, -0.2) is 9.13 Å². The minimum absolute atomic E-state index is 0.0639. The maximum atomic E-state index is 2.51. The zero-order valence-electron chi connectivity index (χ0n) is 25.3. The first kappa shape index (κ1) is 24.8. The Hall–Kier alpha value is -5.60. The number of para-hydroxylation sites is 3. The molecule has 2 nitrogen and oxygen atoms in total. The van der Waals surface area contributed by atoms with E-state index in [4.69, 9.17) is 0 Å². The highest BCUT2D eigenvalue weighted by Gasteiger charge is 2.35. The summed E-state index contributed by atoms with van der Waals surface area (Å²) in [5, 5.41) is 7.64. The lowest BCUT2D eigenvalue weighted by atomic mass is 9.82. The van der Waals surface area contributed by atoms with Crippen molar-refractivity contribution in [1.82, 2.24) is 9.13 Å². The number of rotatable bonds is 2. The third kappa shape index (κ3) is 3.18. The molecule has 0 bridgehead atoms. The van der Waals surface area contributed by atoms with Crippen molar-refractivity contribution in [2.24, 2.45) is 0 Å². The molecule has 0 atom stereocenters. The number of fused-ring (bicyclic) bond motifs is 12. The Labute approximate surface area is 261 Å². The summed E-state index contributed by atoms with van der Waals surface area (Å²) in [5.41, 5.74) is 12.8. The third-order valence-electron chi connectivity index (χ3n) is 10.3. The lowest BCUT2D eigenvalue weighted by molar-refractivity contribution is 0.660. The predicted molar refractivity (Wildman–Crippen MR) is 190 cm³/mol. The van der Waals surface area contributed by atoms with Gasteiger partial charge in [0.05, 0.1) is 22.1 Å². The maximum absolute atomic E-state index is 2.51. The summed E-state index contributed by atoms with van der Waals surface area (Å²) >= 11 is 0. The normalized spacial score (nSPS) is 13.7. The first-order chi connectivity index (χ1) is 22.1. The fourth-order valence-corrected chi connectivity index (χ4v) is 8.27. The van der Waals surface area contributed by atoms with Crippen molar-refractivity contribution < 1.29 is 0 Å². The van der Waals surface area contributed by atoms with Crippen molar-refractivity contribution >= 4 is 54.4 Å². The summed E-state index contributed by atoms with van der Waals surface area (Å²) in [4.78, 5) is 0. The third-order valence-corrected chi connectivity index (χ3v) is 10.3. The monoisotopic (exact) mass is 574 g/mol. The van der Waals surface area contributed by atoms with E-state index in [0.717, 1.165) is 0 Å². The standard InChI is InChI=1S/C43H30N2/c1-43(2)37-17-9-6-14-29(37)30-21-20-28(26-38(30)43)45-40-19-11-8-16-32(40)34-23-24-35-36(42(34)45)25-22-33-31-15-7-10-18-39(31)44(41(33)35)27-12-4-3-5-13-27/h3-26H,1-2H3. The fourth-order valence-electron chi connectivity index (χ4n) is 8.27. The lowest BCUT2D eigenvalue weighted by Crippen LogP contribution is -2.15. The maximum Gasteiger partial charge on any atom is 0.0620 e. The molecule has 0 N–H and O–H groups in total. The van der Waals surface area contributed by atoms with Gasteiger partial charge in [-0.1, -0.05) is 123 Å². The Morgan fingerprint density at radius 2 is 0.867 bits per heavy atom. The number of hydrogen-bond acceptors (Lipinski definition) is 0. The molecule has 9 aromatic rings. The first-order valence-electron chi connectivity index (χ1n) is 15.8. The van der Waals surface area contributed by atoms with E-state index < -0.39 is 0 Å². The van der Waals surface area contributed by atoms with E-state index in [9.17, 15) is 0 Å². The van der Waals surface area contributed by atoms with Gasteiger partial charge in [0.25, 0.3) is 0 Å². The summed E-state index contributed by atoms with van der Waals surface area (Å²) in [6.07, 6.45) is 0. The van der Waals surface area contributed by atoms with Gasteiger partial charge in [0, 0.05) is 49.1 Å². The van der Waals surface area contributed by atoms with Gasteiger partial charge in [-0.15, -0.1) is 0 Å². The molecule has 212 valence electrons. The zero-order valence-corrected chi connectivity index (χ0v) is 25.3. The predicted octanol–water partition coefficient (Wildman–Crippen LogP) is 11.3. The Balaban J connectivity index is 1.34. The van der Waals surface area contributed by atoms with Crippen molar-refractivity contribution in [2.75, 3.05) is 0 Å². The van der Waals surface area contributed by atoms with Crippen molar-refractivity contribution in [3.63, 3.8) is 0 Å². The Morgan fingerprint density at radius 1 is 0.378 bits per heavy atom. The van der Waals surface area contributed by atoms with E-state index in [1.165, 1.54) is 88.0 Å². The SMILES string of the molecule is CC1(C)c2ccccc2-c2ccc(-n3c4ccccc4c4ccc5c(ccc6c7ccccc7n(-c7ccccc7)c65)c43)cc21. The van der Waals surface area contributed by atoms with Crippen LogP contribution in [0.1, 0.15) is 25.0 Å². The molecule has 1 aliphatic carbocycles. The van der Waals surface area contributed by atoms with Crippen LogP contribution in [0.5, 0.6) is 0 Å². The summed E-state index contributed by atoms with van der Waals surface area (Å²) < 4.78 is 4.95. The molecular weight excluding hydrogens is 544 g/mol. The van der Waals surface area contributed by atoms with E-state index in [1.54, 1.807) is 0 Å². The van der Waals surface area contributed by atoms with E-state index in [1.807, 2.05) is 0 Å². The van der Waals surface area contributed by atoms with Gasteiger partial charge >= 0.3 is 0 Å². The quantitative estimate of drug-likeness (QED) is 0.194. The largest absolute Gasteiger partial charge is 0.309 e. The first-order valence-corrected chi connectivity index (χ1v) is 15.8. The molecule has 0 fully saturated rings. The topological polar surface area (TPSA) is 9.86 Å². The molecule has 0 spiro atoms. The molecule has 2 heteroatoms. The van der Waals surface area contributed by atoms with Crippen molar-refractivity contribution in [1.29, 1.82) is 0 Å². The molecule has 2 aromatic heterocycles. The fraction of sp³-hybridized carbons (Fsp3) is 0.0698. The van der Waals surface area contributed by atoms with Crippen molar-refractivity contribution in [3.8, 4) is 22.5 Å². The molecule has 0 amide bonds. The molecular formula is C43H30N2. The number of nitrogens with zero attached hydrogens (tertiary/aromatic N) is 2. The zero-order chi connectivity index (χ0) is 29.9. The van der Waals surface area contributed by atoms with Crippen LogP contribution in [0.15, 0.2) is 146 Å². The molecule has 0 saturated heterocycles. The summed E-state index contributed by atoms with van der Waals surface area (Å²) in [7, 11) is 0. The van der Waals surface area contributed by atoms with Crippen LogP contribution in [0.25, 0.3) is 76.9 Å². The van der Waals surface area contributed by atoms with Crippen LogP contribution in [-0.2, 0) is 5.41 Å². The minimum atomic E-state index is -0.0639. The van der Waals surface area contributed by atoms with Crippen LogP contribution in [0.2, 0.25) is 0 Å². The van der Waals surface area contributed by atoms with Gasteiger partial charge in [0.15, 0.2) is 0 Å². The van der Waals surface area contributed by atoms with Gasteiger partial charge in [0.2, 0.25) is 0 Å². The molecule has 10 rings (SSSR count). The van der Waals surface area contributed by atoms with E-state index in [2.05, 4.69) is 169 Å². The second-order valence-electron chi connectivity index (χ2n) is 13.0. The molecule has 45 heavy (non-hydrogen) atoms.